The van der Waals surface area contributed by atoms with Gasteiger partial charge in [0.05, 0.1) is 0 Å². The molecule has 0 spiro atoms. The molecule has 7 heteroatoms. The van der Waals surface area contributed by atoms with Gasteiger partial charge < -0.3 is 9.80 Å². The first-order valence-corrected chi connectivity index (χ1v) is 9.93. The fourth-order valence-electron chi connectivity index (χ4n) is 6.30. The van der Waals surface area contributed by atoms with Crippen LogP contribution in [0.3, 0.4) is 0 Å². The van der Waals surface area contributed by atoms with Crippen molar-refractivity contribution in [2.24, 2.45) is 0 Å². The van der Waals surface area contributed by atoms with Crippen molar-refractivity contribution in [2.75, 3.05) is 0 Å². The highest BCUT2D eigenvalue weighted by molar-refractivity contribution is 6.19. The Morgan fingerprint density at radius 1 is 0.680 bits per heavy atom. The standard InChI is InChI=1S/C18H25N5O2/c24-17-13-14(18(25)21-17)23-12-8-4-2-6-10(12)20-16(23)15-19-9-5-1-3-7-11(9)22(13)15/h9-12,15-16,19-20H,1-8H2,(H,21,24,25). The van der Waals surface area contributed by atoms with Gasteiger partial charge in [-0.3, -0.25) is 25.5 Å². The van der Waals surface area contributed by atoms with E-state index in [4.69, 9.17) is 0 Å². The van der Waals surface area contributed by atoms with Crippen LogP contribution < -0.4 is 16.0 Å². The van der Waals surface area contributed by atoms with Gasteiger partial charge in [-0.1, -0.05) is 25.7 Å². The molecule has 134 valence electrons. The second kappa shape index (κ2) is 4.98. The second-order valence-electron chi connectivity index (χ2n) is 8.43. The minimum atomic E-state index is -0.198. The van der Waals surface area contributed by atoms with Crippen molar-refractivity contribution in [2.45, 2.75) is 87.9 Å². The van der Waals surface area contributed by atoms with Gasteiger partial charge in [0.2, 0.25) is 0 Å². The van der Waals surface area contributed by atoms with Gasteiger partial charge in [-0.05, 0) is 25.7 Å². The molecular weight excluding hydrogens is 318 g/mol. The van der Waals surface area contributed by atoms with Crippen LogP contribution in [0.5, 0.6) is 0 Å². The Balaban J connectivity index is 1.49. The Labute approximate surface area is 147 Å². The predicted molar refractivity (Wildman–Crippen MR) is 89.8 cm³/mol. The molecule has 0 bridgehead atoms. The van der Waals surface area contributed by atoms with Crippen molar-refractivity contribution in [1.82, 2.24) is 25.8 Å². The molecule has 4 aliphatic heterocycles. The third-order valence-electron chi connectivity index (χ3n) is 7.24. The van der Waals surface area contributed by atoms with Crippen LogP contribution in [0, 0.1) is 0 Å². The number of rotatable bonds is 0. The maximum Gasteiger partial charge on any atom is 0.276 e. The number of carbonyl (C=O) groups is 2. The lowest BCUT2D eigenvalue weighted by molar-refractivity contribution is -0.125. The Kier molecular flexibility index (Phi) is 2.90. The van der Waals surface area contributed by atoms with Crippen molar-refractivity contribution in [3.8, 4) is 0 Å². The summed E-state index contributed by atoms with van der Waals surface area (Å²) in [4.78, 5) is 29.9. The van der Waals surface area contributed by atoms with Crippen molar-refractivity contribution in [3.63, 3.8) is 0 Å². The van der Waals surface area contributed by atoms with Crippen LogP contribution in [-0.2, 0) is 9.59 Å². The molecule has 2 saturated carbocycles. The molecule has 3 N–H and O–H groups in total. The molecule has 6 rings (SSSR count). The van der Waals surface area contributed by atoms with Crippen molar-refractivity contribution in [3.05, 3.63) is 11.4 Å². The van der Waals surface area contributed by atoms with E-state index in [9.17, 15) is 9.59 Å². The summed E-state index contributed by atoms with van der Waals surface area (Å²) in [5.41, 5.74) is 1.28. The summed E-state index contributed by atoms with van der Waals surface area (Å²) in [6.07, 6.45) is 9.62. The Bertz CT molecular complexity index is 635. The van der Waals surface area contributed by atoms with E-state index in [1.54, 1.807) is 0 Å². The SMILES string of the molecule is O=C1NC(=O)C2=C1N1C3CCCCC3NC1C1NC3CCCCC3N21. The Hall–Kier alpha value is -1.60. The van der Waals surface area contributed by atoms with Crippen LogP contribution in [0.25, 0.3) is 0 Å². The number of fused-ring (bicyclic) bond motifs is 9. The van der Waals surface area contributed by atoms with E-state index in [0.29, 0.717) is 35.6 Å². The molecule has 25 heavy (non-hydrogen) atoms. The number of hydrogen-bond acceptors (Lipinski definition) is 6. The molecule has 4 heterocycles. The van der Waals surface area contributed by atoms with E-state index in [2.05, 4.69) is 25.8 Å². The zero-order valence-electron chi connectivity index (χ0n) is 14.3. The Morgan fingerprint density at radius 3 is 1.60 bits per heavy atom. The van der Waals surface area contributed by atoms with Gasteiger partial charge >= 0.3 is 0 Å². The number of carbonyl (C=O) groups excluding carboxylic acids is 2. The molecule has 4 fully saturated rings. The molecule has 0 aromatic carbocycles. The van der Waals surface area contributed by atoms with Gasteiger partial charge in [0.1, 0.15) is 23.7 Å². The summed E-state index contributed by atoms with van der Waals surface area (Å²) < 4.78 is 0. The van der Waals surface area contributed by atoms with Crippen molar-refractivity contribution >= 4 is 11.8 Å². The van der Waals surface area contributed by atoms with Gasteiger partial charge in [-0.2, -0.15) is 0 Å². The topological polar surface area (TPSA) is 76.7 Å². The van der Waals surface area contributed by atoms with Crippen LogP contribution in [0.1, 0.15) is 51.4 Å². The molecule has 0 aromatic rings. The van der Waals surface area contributed by atoms with E-state index in [0.717, 1.165) is 25.7 Å². The first-order chi connectivity index (χ1) is 12.2. The highest BCUT2D eigenvalue weighted by Crippen LogP contribution is 2.45. The zero-order valence-corrected chi connectivity index (χ0v) is 14.3. The van der Waals surface area contributed by atoms with Gasteiger partial charge in [-0.15, -0.1) is 0 Å². The average Bonchev–Trinajstić information content (AvgIpc) is 3.26. The molecule has 6 aliphatic rings. The van der Waals surface area contributed by atoms with Gasteiger partial charge in [0, 0.05) is 24.2 Å². The maximum atomic E-state index is 12.7. The molecule has 2 aliphatic carbocycles. The zero-order chi connectivity index (χ0) is 16.7. The number of hydrogen-bond donors (Lipinski definition) is 3. The van der Waals surface area contributed by atoms with Crippen LogP contribution in [0.4, 0.5) is 0 Å². The summed E-state index contributed by atoms with van der Waals surface area (Å²) in [6, 6.07) is 1.54. The van der Waals surface area contributed by atoms with Crippen molar-refractivity contribution in [1.29, 1.82) is 0 Å². The van der Waals surface area contributed by atoms with Gasteiger partial charge in [0.25, 0.3) is 11.8 Å². The first kappa shape index (κ1) is 14.6. The first-order valence-electron chi connectivity index (χ1n) is 9.93. The van der Waals surface area contributed by atoms with Gasteiger partial charge in [-0.25, -0.2) is 0 Å². The lowest BCUT2D eigenvalue weighted by Crippen LogP contribution is -2.61. The van der Waals surface area contributed by atoms with Gasteiger partial charge in [0.15, 0.2) is 0 Å². The van der Waals surface area contributed by atoms with Crippen LogP contribution >= 0.6 is 0 Å². The number of nitrogens with one attached hydrogen (secondary N) is 3. The second-order valence-corrected chi connectivity index (χ2v) is 8.43. The fraction of sp³-hybridized carbons (Fsp3) is 0.778. The molecule has 2 saturated heterocycles. The van der Waals surface area contributed by atoms with Crippen LogP contribution in [-0.4, -0.2) is 58.1 Å². The third-order valence-corrected chi connectivity index (χ3v) is 7.24. The third kappa shape index (κ3) is 1.78. The maximum absolute atomic E-state index is 12.7. The van der Waals surface area contributed by atoms with E-state index in [1.165, 1.54) is 25.7 Å². The molecule has 7 nitrogen and oxygen atoms in total. The smallest absolute Gasteiger partial charge is 0.276 e. The molecular formula is C18H25N5O2. The summed E-state index contributed by atoms with van der Waals surface area (Å²) in [5.74, 6) is -0.397. The minimum absolute atomic E-state index is 0.0918. The summed E-state index contributed by atoms with van der Waals surface area (Å²) in [6.45, 7) is 0. The normalized spacial score (nSPS) is 45.0. The average molecular weight is 343 g/mol. The molecule has 6 atom stereocenters. The predicted octanol–water partition coefficient (Wildman–Crippen LogP) is -0.0470. The highest BCUT2D eigenvalue weighted by Gasteiger charge is 2.60. The summed E-state index contributed by atoms with van der Waals surface area (Å²) in [7, 11) is 0. The molecule has 0 aromatic heterocycles. The van der Waals surface area contributed by atoms with Crippen LogP contribution in [0.15, 0.2) is 11.4 Å². The monoisotopic (exact) mass is 343 g/mol. The highest BCUT2D eigenvalue weighted by atomic mass is 16.2. The van der Waals surface area contributed by atoms with Crippen LogP contribution in [0.2, 0.25) is 0 Å². The minimum Gasteiger partial charge on any atom is -0.342 e. The van der Waals surface area contributed by atoms with E-state index >= 15 is 0 Å². The largest absolute Gasteiger partial charge is 0.342 e. The number of imide groups is 1. The fourth-order valence-corrected chi connectivity index (χ4v) is 6.30. The lowest BCUT2D eigenvalue weighted by Gasteiger charge is -2.45. The van der Waals surface area contributed by atoms with Crippen molar-refractivity contribution < 1.29 is 9.59 Å². The number of nitrogens with zero attached hydrogens (tertiary/aromatic N) is 2. The molecule has 0 radical (unpaired) electrons. The summed E-state index contributed by atoms with van der Waals surface area (Å²) >= 11 is 0. The van der Waals surface area contributed by atoms with E-state index in [1.807, 2.05) is 0 Å². The number of amides is 2. The Morgan fingerprint density at radius 2 is 1.12 bits per heavy atom. The molecule has 2 amide bonds. The lowest BCUT2D eigenvalue weighted by atomic mass is 9.90. The molecule has 6 unspecified atom stereocenters. The summed E-state index contributed by atoms with van der Waals surface area (Å²) in [5, 5.41) is 10.2. The van der Waals surface area contributed by atoms with E-state index in [-0.39, 0.29) is 24.1 Å². The van der Waals surface area contributed by atoms with E-state index < -0.39 is 0 Å². The quantitative estimate of drug-likeness (QED) is 0.536.